The zero-order valence-corrected chi connectivity index (χ0v) is 17.3. The fraction of sp³-hybridized carbons (Fsp3) is 0.619. The van der Waals surface area contributed by atoms with Crippen LogP contribution in [0.1, 0.15) is 32.8 Å². The van der Waals surface area contributed by atoms with Crippen LogP contribution in [0.3, 0.4) is 0 Å². The van der Waals surface area contributed by atoms with Gasteiger partial charge in [0.25, 0.3) is 0 Å². The van der Waals surface area contributed by atoms with E-state index in [4.69, 9.17) is 24.2 Å². The lowest BCUT2D eigenvalue weighted by molar-refractivity contribution is -0.277. The SMILES string of the molecule is CC(C)(C)OC(=O)N1CCOC2(COC(CCNc3ccc(C#N)cc3)OC2)C1. The zero-order chi connectivity index (χ0) is 20.9. The summed E-state index contributed by atoms with van der Waals surface area (Å²) >= 11 is 0. The van der Waals surface area contributed by atoms with Crippen molar-refractivity contribution in [3.05, 3.63) is 29.8 Å². The van der Waals surface area contributed by atoms with Gasteiger partial charge in [0.1, 0.15) is 11.2 Å². The van der Waals surface area contributed by atoms with E-state index >= 15 is 0 Å². The van der Waals surface area contributed by atoms with Crippen LogP contribution >= 0.6 is 0 Å². The molecule has 0 unspecified atom stereocenters. The Balaban J connectivity index is 1.43. The molecule has 0 aromatic heterocycles. The normalized spacial score (nSPS) is 24.8. The van der Waals surface area contributed by atoms with Crippen LogP contribution in [0.4, 0.5) is 10.5 Å². The first-order valence-corrected chi connectivity index (χ1v) is 9.88. The fourth-order valence-corrected chi connectivity index (χ4v) is 3.24. The maximum atomic E-state index is 12.4. The first-order chi connectivity index (χ1) is 13.8. The van der Waals surface area contributed by atoms with Gasteiger partial charge in [0, 0.05) is 25.2 Å². The number of amides is 1. The molecule has 8 heteroatoms. The number of nitrogens with one attached hydrogen (secondary N) is 1. The van der Waals surface area contributed by atoms with Gasteiger partial charge < -0.3 is 29.2 Å². The van der Waals surface area contributed by atoms with Crippen molar-refractivity contribution in [1.82, 2.24) is 4.90 Å². The molecule has 1 spiro atoms. The molecular weight excluding hydrogens is 374 g/mol. The standard InChI is InChI=1S/C21H29N3O5/c1-20(2,3)29-19(25)24-10-11-28-21(13-24)14-26-18(27-15-21)8-9-23-17-6-4-16(12-22)5-7-17/h4-7,18,23H,8-11,13-15H2,1-3H3. The number of morpholine rings is 1. The van der Waals surface area contributed by atoms with Crippen molar-refractivity contribution in [3.8, 4) is 6.07 Å². The van der Waals surface area contributed by atoms with E-state index < -0.39 is 11.2 Å². The second-order valence-electron chi connectivity index (χ2n) is 8.39. The van der Waals surface area contributed by atoms with Crippen LogP contribution in [0.25, 0.3) is 0 Å². The molecule has 1 aromatic carbocycles. The molecule has 0 saturated carbocycles. The molecule has 2 heterocycles. The molecule has 0 aliphatic carbocycles. The first kappa shape index (κ1) is 21.4. The maximum Gasteiger partial charge on any atom is 0.410 e. The number of rotatable bonds is 4. The Labute approximate surface area is 171 Å². The van der Waals surface area contributed by atoms with Crippen LogP contribution < -0.4 is 5.32 Å². The number of hydrogen-bond acceptors (Lipinski definition) is 7. The molecule has 0 atom stereocenters. The fourth-order valence-electron chi connectivity index (χ4n) is 3.24. The highest BCUT2D eigenvalue weighted by atomic mass is 16.7. The van der Waals surface area contributed by atoms with Gasteiger partial charge in [-0.2, -0.15) is 5.26 Å². The molecule has 2 saturated heterocycles. The van der Waals surface area contributed by atoms with Gasteiger partial charge in [-0.1, -0.05) is 0 Å². The zero-order valence-electron chi connectivity index (χ0n) is 17.3. The molecular formula is C21H29N3O5. The average molecular weight is 403 g/mol. The summed E-state index contributed by atoms with van der Waals surface area (Å²) < 4.78 is 23.1. The first-order valence-electron chi connectivity index (χ1n) is 9.88. The highest BCUT2D eigenvalue weighted by Gasteiger charge is 2.43. The summed E-state index contributed by atoms with van der Waals surface area (Å²) in [5.74, 6) is 0. The summed E-state index contributed by atoms with van der Waals surface area (Å²) in [6.45, 7) is 8.28. The third-order valence-corrected chi connectivity index (χ3v) is 4.69. The van der Waals surface area contributed by atoms with E-state index in [0.717, 1.165) is 5.69 Å². The number of carbonyl (C=O) groups excluding carboxylic acids is 1. The van der Waals surface area contributed by atoms with Crippen molar-refractivity contribution in [2.24, 2.45) is 0 Å². The van der Waals surface area contributed by atoms with Gasteiger partial charge >= 0.3 is 6.09 Å². The van der Waals surface area contributed by atoms with Gasteiger partial charge in [-0.05, 0) is 45.0 Å². The highest BCUT2D eigenvalue weighted by molar-refractivity contribution is 5.68. The molecule has 2 aliphatic rings. The van der Waals surface area contributed by atoms with Gasteiger partial charge in [0.2, 0.25) is 0 Å². The van der Waals surface area contributed by atoms with Crippen LogP contribution in [0.2, 0.25) is 0 Å². The van der Waals surface area contributed by atoms with E-state index in [9.17, 15) is 4.79 Å². The lowest BCUT2D eigenvalue weighted by atomic mass is 10.0. The van der Waals surface area contributed by atoms with Crippen molar-refractivity contribution >= 4 is 11.8 Å². The Hall–Kier alpha value is -2.34. The van der Waals surface area contributed by atoms with Crippen LogP contribution in [-0.4, -0.2) is 67.9 Å². The van der Waals surface area contributed by atoms with Gasteiger partial charge in [-0.3, -0.25) is 0 Å². The van der Waals surface area contributed by atoms with Crippen LogP contribution in [-0.2, 0) is 18.9 Å². The van der Waals surface area contributed by atoms with E-state index in [2.05, 4.69) is 11.4 Å². The van der Waals surface area contributed by atoms with Crippen molar-refractivity contribution in [3.63, 3.8) is 0 Å². The van der Waals surface area contributed by atoms with Crippen LogP contribution in [0.15, 0.2) is 24.3 Å². The van der Waals surface area contributed by atoms with Gasteiger partial charge in [0.15, 0.2) is 6.29 Å². The summed E-state index contributed by atoms with van der Waals surface area (Å²) in [6.07, 6.45) is 0.00667. The maximum absolute atomic E-state index is 12.4. The molecule has 1 amide bonds. The van der Waals surface area contributed by atoms with Crippen LogP contribution in [0, 0.1) is 11.3 Å². The molecule has 0 bridgehead atoms. The number of benzene rings is 1. The van der Waals surface area contributed by atoms with Gasteiger partial charge in [-0.25, -0.2) is 4.79 Å². The molecule has 1 N–H and O–H groups in total. The monoisotopic (exact) mass is 403 g/mol. The predicted octanol–water partition coefficient (Wildman–Crippen LogP) is 2.74. The smallest absolute Gasteiger partial charge is 0.410 e. The van der Waals surface area contributed by atoms with Crippen molar-refractivity contribution in [2.45, 2.75) is 44.7 Å². The Morgan fingerprint density at radius 2 is 2.00 bits per heavy atom. The number of nitriles is 1. The van der Waals surface area contributed by atoms with E-state index in [-0.39, 0.29) is 12.4 Å². The molecule has 0 radical (unpaired) electrons. The topological polar surface area (TPSA) is 93.0 Å². The summed E-state index contributed by atoms with van der Waals surface area (Å²) in [4.78, 5) is 14.0. The Morgan fingerprint density at radius 3 is 2.62 bits per heavy atom. The minimum atomic E-state index is -0.647. The highest BCUT2D eigenvalue weighted by Crippen LogP contribution is 2.26. The minimum absolute atomic E-state index is 0.327. The predicted molar refractivity (Wildman–Crippen MR) is 106 cm³/mol. The van der Waals surface area contributed by atoms with Crippen LogP contribution in [0.5, 0.6) is 0 Å². The number of hydrogen-bond donors (Lipinski definition) is 1. The van der Waals surface area contributed by atoms with Crippen molar-refractivity contribution in [1.29, 1.82) is 5.26 Å². The van der Waals surface area contributed by atoms with E-state index in [1.807, 2.05) is 32.9 Å². The third-order valence-electron chi connectivity index (χ3n) is 4.69. The molecule has 2 aliphatic heterocycles. The molecule has 8 nitrogen and oxygen atoms in total. The molecule has 29 heavy (non-hydrogen) atoms. The van der Waals surface area contributed by atoms with Gasteiger partial charge in [-0.15, -0.1) is 0 Å². The number of nitrogens with zero attached hydrogens (tertiary/aromatic N) is 2. The minimum Gasteiger partial charge on any atom is -0.444 e. The average Bonchev–Trinajstić information content (AvgIpc) is 2.69. The molecule has 2 fully saturated rings. The summed E-state index contributed by atoms with van der Waals surface area (Å²) in [5, 5.41) is 12.1. The van der Waals surface area contributed by atoms with Crippen molar-refractivity contribution in [2.75, 3.05) is 44.8 Å². The lowest BCUT2D eigenvalue weighted by Gasteiger charge is -2.45. The number of carbonyl (C=O) groups is 1. The molecule has 1 aromatic rings. The lowest BCUT2D eigenvalue weighted by Crippen LogP contribution is -2.61. The second-order valence-corrected chi connectivity index (χ2v) is 8.39. The summed E-state index contributed by atoms with van der Waals surface area (Å²) in [6, 6.07) is 9.39. The number of ether oxygens (including phenoxy) is 4. The second kappa shape index (κ2) is 8.99. The van der Waals surface area contributed by atoms with Crippen molar-refractivity contribution < 1.29 is 23.7 Å². The van der Waals surface area contributed by atoms with E-state index in [0.29, 0.717) is 51.4 Å². The number of anilines is 1. The largest absolute Gasteiger partial charge is 0.444 e. The Kier molecular flexibility index (Phi) is 6.63. The quantitative estimate of drug-likeness (QED) is 0.826. The Bertz CT molecular complexity index is 730. The van der Waals surface area contributed by atoms with E-state index in [1.54, 1.807) is 17.0 Å². The molecule has 3 rings (SSSR count). The Morgan fingerprint density at radius 1 is 1.31 bits per heavy atom. The third kappa shape index (κ3) is 6.07. The summed E-state index contributed by atoms with van der Waals surface area (Å²) in [5.41, 5.74) is 0.397. The van der Waals surface area contributed by atoms with E-state index in [1.165, 1.54) is 0 Å². The summed E-state index contributed by atoms with van der Waals surface area (Å²) in [7, 11) is 0. The van der Waals surface area contributed by atoms with Gasteiger partial charge in [0.05, 0.1) is 38.0 Å². The molecule has 158 valence electrons.